The second-order valence-corrected chi connectivity index (χ2v) is 5.62. The highest BCUT2D eigenvalue weighted by Gasteiger charge is 2.38. The maximum absolute atomic E-state index is 13.6. The third kappa shape index (κ3) is 2.93. The van der Waals surface area contributed by atoms with Crippen molar-refractivity contribution in [1.82, 2.24) is 10.2 Å². The van der Waals surface area contributed by atoms with Crippen molar-refractivity contribution in [2.24, 2.45) is 5.41 Å². The van der Waals surface area contributed by atoms with Crippen LogP contribution in [0.15, 0.2) is 18.2 Å². The molecule has 1 aliphatic rings. The number of nitrogens with zero attached hydrogens (tertiary/aromatic N) is 1. The Morgan fingerprint density at radius 1 is 1.55 bits per heavy atom. The standard InChI is InChI=1S/C15H21FN2O2/c1-15(6-7-17-10-15)14(19)18(2)9-11-4-5-13(20-3)12(16)8-11/h4-5,8,17H,6-7,9-10H2,1-3H3/t15-/m1/s1. The zero-order valence-electron chi connectivity index (χ0n) is 12.2. The minimum Gasteiger partial charge on any atom is -0.494 e. The number of nitrogens with one attached hydrogen (secondary N) is 1. The summed E-state index contributed by atoms with van der Waals surface area (Å²) in [5, 5.41) is 3.21. The maximum Gasteiger partial charge on any atom is 0.229 e. The summed E-state index contributed by atoms with van der Waals surface area (Å²) < 4.78 is 18.5. The van der Waals surface area contributed by atoms with Crippen LogP contribution in [0, 0.1) is 11.2 Å². The lowest BCUT2D eigenvalue weighted by atomic mass is 9.88. The van der Waals surface area contributed by atoms with E-state index in [1.54, 1.807) is 24.1 Å². The van der Waals surface area contributed by atoms with Gasteiger partial charge in [-0.05, 0) is 37.6 Å². The van der Waals surface area contributed by atoms with Crippen LogP contribution >= 0.6 is 0 Å². The van der Waals surface area contributed by atoms with Gasteiger partial charge in [0, 0.05) is 20.1 Å². The first-order valence-electron chi connectivity index (χ1n) is 6.75. The molecule has 0 radical (unpaired) electrons. The first-order chi connectivity index (χ1) is 9.46. The molecule has 1 aromatic rings. The van der Waals surface area contributed by atoms with Crippen LogP contribution in [0.4, 0.5) is 4.39 Å². The molecule has 1 heterocycles. The molecule has 0 spiro atoms. The second-order valence-electron chi connectivity index (χ2n) is 5.62. The van der Waals surface area contributed by atoms with E-state index in [0.717, 1.165) is 18.5 Å². The maximum atomic E-state index is 13.6. The number of hydrogen-bond acceptors (Lipinski definition) is 3. The summed E-state index contributed by atoms with van der Waals surface area (Å²) in [5.74, 6) is -0.0898. The van der Waals surface area contributed by atoms with Gasteiger partial charge < -0.3 is 15.0 Å². The molecular weight excluding hydrogens is 259 g/mol. The zero-order valence-corrected chi connectivity index (χ0v) is 12.2. The van der Waals surface area contributed by atoms with Gasteiger partial charge in [-0.2, -0.15) is 0 Å². The summed E-state index contributed by atoms with van der Waals surface area (Å²) in [6, 6.07) is 4.78. The molecule has 1 saturated heterocycles. The minimum atomic E-state index is -0.403. The minimum absolute atomic E-state index is 0.0960. The molecule has 1 fully saturated rings. The lowest BCUT2D eigenvalue weighted by molar-refractivity contribution is -0.139. The lowest BCUT2D eigenvalue weighted by Crippen LogP contribution is -2.41. The van der Waals surface area contributed by atoms with E-state index in [0.29, 0.717) is 13.1 Å². The van der Waals surface area contributed by atoms with Crippen molar-refractivity contribution in [2.45, 2.75) is 19.9 Å². The normalized spacial score (nSPS) is 21.8. The van der Waals surface area contributed by atoms with E-state index in [2.05, 4.69) is 5.32 Å². The van der Waals surface area contributed by atoms with E-state index in [-0.39, 0.29) is 17.1 Å². The molecule has 2 rings (SSSR count). The van der Waals surface area contributed by atoms with Gasteiger partial charge in [0.1, 0.15) is 0 Å². The summed E-state index contributed by atoms with van der Waals surface area (Å²) in [7, 11) is 3.19. The highest BCUT2D eigenvalue weighted by atomic mass is 19.1. The first-order valence-corrected chi connectivity index (χ1v) is 6.75. The molecule has 5 heteroatoms. The Balaban J connectivity index is 2.05. The smallest absolute Gasteiger partial charge is 0.229 e. The number of carbonyl (C=O) groups excluding carboxylic acids is 1. The number of amides is 1. The van der Waals surface area contributed by atoms with Crippen molar-refractivity contribution >= 4 is 5.91 Å². The second kappa shape index (κ2) is 5.79. The summed E-state index contributed by atoms with van der Waals surface area (Å²) >= 11 is 0. The SMILES string of the molecule is COc1ccc(CN(C)C(=O)[C@]2(C)CCNC2)cc1F. The Morgan fingerprint density at radius 2 is 2.30 bits per heavy atom. The van der Waals surface area contributed by atoms with E-state index in [1.807, 2.05) is 6.92 Å². The monoisotopic (exact) mass is 280 g/mol. The van der Waals surface area contributed by atoms with Crippen molar-refractivity contribution in [3.8, 4) is 5.75 Å². The number of carbonyl (C=O) groups is 1. The van der Waals surface area contributed by atoms with Gasteiger partial charge in [0.15, 0.2) is 11.6 Å². The van der Waals surface area contributed by atoms with E-state index >= 15 is 0 Å². The fourth-order valence-electron chi connectivity index (χ4n) is 2.61. The molecule has 0 bridgehead atoms. The quantitative estimate of drug-likeness (QED) is 0.914. The van der Waals surface area contributed by atoms with Gasteiger partial charge in [0.25, 0.3) is 0 Å². The van der Waals surface area contributed by atoms with Gasteiger partial charge >= 0.3 is 0 Å². The molecule has 110 valence electrons. The third-order valence-electron chi connectivity index (χ3n) is 3.87. The van der Waals surface area contributed by atoms with Crippen LogP contribution in [-0.4, -0.2) is 38.1 Å². The number of benzene rings is 1. The lowest BCUT2D eigenvalue weighted by Gasteiger charge is -2.28. The van der Waals surface area contributed by atoms with Crippen molar-refractivity contribution < 1.29 is 13.9 Å². The van der Waals surface area contributed by atoms with Gasteiger partial charge in [-0.25, -0.2) is 4.39 Å². The molecule has 0 aromatic heterocycles. The molecule has 4 nitrogen and oxygen atoms in total. The summed E-state index contributed by atoms with van der Waals surface area (Å²) in [6.07, 6.45) is 0.840. The first kappa shape index (κ1) is 14.8. The van der Waals surface area contributed by atoms with E-state index < -0.39 is 5.82 Å². The van der Waals surface area contributed by atoms with Crippen molar-refractivity contribution in [3.05, 3.63) is 29.6 Å². The summed E-state index contributed by atoms with van der Waals surface area (Å²) in [4.78, 5) is 14.1. The van der Waals surface area contributed by atoms with Crippen molar-refractivity contribution in [3.63, 3.8) is 0 Å². The molecular formula is C15H21FN2O2. The van der Waals surface area contributed by atoms with Crippen LogP contribution in [0.5, 0.6) is 5.75 Å². The average Bonchev–Trinajstić information content (AvgIpc) is 2.86. The van der Waals surface area contributed by atoms with Crippen molar-refractivity contribution in [1.29, 1.82) is 0 Å². The summed E-state index contributed by atoms with van der Waals surface area (Å²) in [5.41, 5.74) is 0.411. The molecule has 1 amide bonds. The number of ether oxygens (including phenoxy) is 1. The number of rotatable bonds is 4. The van der Waals surface area contributed by atoms with E-state index in [9.17, 15) is 9.18 Å². The third-order valence-corrected chi connectivity index (χ3v) is 3.87. The van der Waals surface area contributed by atoms with E-state index in [4.69, 9.17) is 4.74 Å². The predicted octanol–water partition coefficient (Wildman–Crippen LogP) is 1.79. The van der Waals surface area contributed by atoms with Crippen LogP contribution in [0.2, 0.25) is 0 Å². The zero-order chi connectivity index (χ0) is 14.8. The Kier molecular flexibility index (Phi) is 4.28. The van der Waals surface area contributed by atoms with Gasteiger partial charge in [0.2, 0.25) is 5.91 Å². The van der Waals surface area contributed by atoms with Crippen LogP contribution in [0.25, 0.3) is 0 Å². The van der Waals surface area contributed by atoms with Gasteiger partial charge in [-0.1, -0.05) is 6.07 Å². The Morgan fingerprint density at radius 3 is 2.85 bits per heavy atom. The molecule has 20 heavy (non-hydrogen) atoms. The highest BCUT2D eigenvalue weighted by Crippen LogP contribution is 2.27. The van der Waals surface area contributed by atoms with Crippen molar-refractivity contribution in [2.75, 3.05) is 27.2 Å². The van der Waals surface area contributed by atoms with Crippen LogP contribution in [0.3, 0.4) is 0 Å². The summed E-state index contributed by atoms with van der Waals surface area (Å²) in [6.45, 7) is 3.94. The average molecular weight is 280 g/mol. The Hall–Kier alpha value is -1.62. The Bertz CT molecular complexity index is 499. The predicted molar refractivity (Wildman–Crippen MR) is 75.0 cm³/mol. The van der Waals surface area contributed by atoms with Crippen LogP contribution in [-0.2, 0) is 11.3 Å². The largest absolute Gasteiger partial charge is 0.494 e. The number of hydrogen-bond donors (Lipinski definition) is 1. The molecule has 1 N–H and O–H groups in total. The van der Waals surface area contributed by atoms with Crippen LogP contribution < -0.4 is 10.1 Å². The Labute approximate surface area is 118 Å². The molecule has 0 saturated carbocycles. The molecule has 1 aliphatic heterocycles. The fourth-order valence-corrected chi connectivity index (χ4v) is 2.61. The topological polar surface area (TPSA) is 41.6 Å². The van der Waals surface area contributed by atoms with Gasteiger partial charge in [-0.15, -0.1) is 0 Å². The van der Waals surface area contributed by atoms with Gasteiger partial charge in [0.05, 0.1) is 12.5 Å². The number of methoxy groups -OCH3 is 1. The number of halogens is 1. The molecule has 0 unspecified atom stereocenters. The highest BCUT2D eigenvalue weighted by molar-refractivity contribution is 5.82. The molecule has 0 aliphatic carbocycles. The van der Waals surface area contributed by atoms with E-state index in [1.165, 1.54) is 13.2 Å². The van der Waals surface area contributed by atoms with Gasteiger partial charge in [-0.3, -0.25) is 4.79 Å². The molecule has 1 atom stereocenters. The fraction of sp³-hybridized carbons (Fsp3) is 0.533. The molecule has 1 aromatic carbocycles. The van der Waals surface area contributed by atoms with Crippen LogP contribution in [0.1, 0.15) is 18.9 Å².